The van der Waals surface area contributed by atoms with E-state index in [1.54, 1.807) is 0 Å². The maximum absolute atomic E-state index is 10.4. The van der Waals surface area contributed by atoms with Crippen molar-refractivity contribution < 1.29 is 58.1 Å². The zero-order valence-corrected chi connectivity index (χ0v) is 45.6. The molecule has 0 saturated heterocycles. The third-order valence-corrected chi connectivity index (χ3v) is 9.25. The third kappa shape index (κ3) is 40.2. The summed E-state index contributed by atoms with van der Waals surface area (Å²) in [5.41, 5.74) is 7.55. The van der Waals surface area contributed by atoms with Crippen LogP contribution in [0.5, 0.6) is 5.75 Å². The molecule has 4 heteroatoms. The van der Waals surface area contributed by atoms with Gasteiger partial charge in [0.25, 0.3) is 0 Å². The van der Waals surface area contributed by atoms with Gasteiger partial charge >= 0.3 is 47.9 Å². The van der Waals surface area contributed by atoms with E-state index in [1.165, 1.54) is 69.8 Å². The van der Waals surface area contributed by atoms with Gasteiger partial charge in [0.05, 0.1) is 0 Å². The van der Waals surface area contributed by atoms with E-state index in [1.807, 2.05) is 121 Å². The first-order chi connectivity index (χ1) is 28.0. The van der Waals surface area contributed by atoms with Gasteiger partial charge in [-0.05, 0) is 35.3 Å². The molecule has 2 fully saturated rings. The van der Waals surface area contributed by atoms with Gasteiger partial charge in [-0.25, -0.2) is 0 Å². The van der Waals surface area contributed by atoms with Gasteiger partial charge in [0.1, 0.15) is 5.75 Å². The molecule has 2 aliphatic rings. The number of hydrogen-bond acceptors (Lipinski definition) is 2. The van der Waals surface area contributed by atoms with E-state index < -0.39 is 0 Å². The molecule has 2 saturated carbocycles. The van der Waals surface area contributed by atoms with Crippen molar-refractivity contribution in [1.29, 1.82) is 0 Å². The maximum Gasteiger partial charge on any atom is 3.00 e. The Morgan fingerprint density at radius 1 is 0.460 bits per heavy atom. The third-order valence-electron chi connectivity index (χ3n) is 9.25. The fourth-order valence-corrected chi connectivity index (χ4v) is 5.76. The van der Waals surface area contributed by atoms with Crippen LogP contribution in [0.1, 0.15) is 164 Å². The smallest absolute Gasteiger partial charge is 0.507 e. The maximum atomic E-state index is 10.4. The predicted octanol–water partition coefficient (Wildman–Crippen LogP) is 17.3. The number of unbranched alkanes of at least 4 members (excludes halogenated alkanes) is 1. The summed E-state index contributed by atoms with van der Waals surface area (Å²) in [7, 11) is 0. The second-order valence-electron chi connectivity index (χ2n) is 17.3. The van der Waals surface area contributed by atoms with Gasteiger partial charge in [0.2, 0.25) is 0 Å². The normalized spacial score (nSPS) is 11.6. The van der Waals surface area contributed by atoms with Gasteiger partial charge in [0, 0.05) is 6.61 Å². The van der Waals surface area contributed by atoms with Gasteiger partial charge in [-0.1, -0.05) is 161 Å². The Labute approximate surface area is 425 Å². The molecule has 0 aliphatic heterocycles. The predicted molar refractivity (Wildman–Crippen MR) is 275 cm³/mol. The van der Waals surface area contributed by atoms with Gasteiger partial charge in [-0.3, -0.25) is 0 Å². The van der Waals surface area contributed by atoms with E-state index in [2.05, 4.69) is 95.2 Å². The topological polar surface area (TPSA) is 40.5 Å². The second-order valence-corrected chi connectivity index (χ2v) is 17.3. The molecule has 2 radical (unpaired) electrons. The Morgan fingerprint density at radius 3 is 0.778 bits per heavy atom. The Hall–Kier alpha value is -3.06. The largest absolute Gasteiger partial charge is 3.00 e. The molecule has 0 unspecified atom stereocenters. The van der Waals surface area contributed by atoms with Gasteiger partial charge in [-0.15, -0.1) is 48.5 Å². The first-order valence-corrected chi connectivity index (χ1v) is 22.0. The van der Waals surface area contributed by atoms with Gasteiger partial charge in [0.15, 0.2) is 0 Å². The number of phenolic OH excluding ortho intramolecular Hbond substituents is 1. The van der Waals surface area contributed by atoms with Crippen LogP contribution in [0, 0.1) is 49.5 Å². The standard InChI is InChI=1S/C15H24O.4C7H7.2C5H10.C4H10O.2CH3.Ti.Zr/c1-10-8-11(14(2,3)4)13(16)12(9-10)15(5,6)7;4*1-7-5-3-2-4-6-7;2*1-2-4-5-3-1;1-2-3-4-5;;;;/h8-9,16H,1-7H3;4*2-6H,1H2;2*1-5H2;5H,2-4H2,1H3;2*1H3;;/q;4*-1;;;;2*-1;2*+3. The first-order valence-electron chi connectivity index (χ1n) is 22.0. The van der Waals surface area contributed by atoms with Crippen molar-refractivity contribution in [3.05, 3.63) is 215 Å². The molecule has 0 bridgehead atoms. The van der Waals surface area contributed by atoms with Crippen molar-refractivity contribution in [2.75, 3.05) is 6.61 Å². The SMILES string of the molecule is C1CCCC1.C1CCCC1.CCCCO.Cc1cc(C(C)(C)C)c(O)c(C(C)(C)C)c1.[CH2-]c1ccccc1.[CH2-]c1ccccc1.[CH2-]c1ccccc1.[CH2-]c1ccccc1.[CH3-].[CH3-].[Ti+3].[Zr+3]. The number of aliphatic hydroxyl groups is 1. The van der Waals surface area contributed by atoms with Crippen molar-refractivity contribution in [3.8, 4) is 5.75 Å². The van der Waals surface area contributed by atoms with Crippen LogP contribution in [-0.4, -0.2) is 16.8 Å². The van der Waals surface area contributed by atoms with Crippen molar-refractivity contribution in [2.24, 2.45) is 0 Å². The van der Waals surface area contributed by atoms with Gasteiger partial charge < -0.3 is 25.1 Å². The van der Waals surface area contributed by atoms with E-state index >= 15 is 0 Å². The van der Waals surface area contributed by atoms with Crippen LogP contribution in [0.3, 0.4) is 0 Å². The molecule has 0 amide bonds. The Kier molecular flexibility index (Phi) is 46.9. The quantitative estimate of drug-likeness (QED) is 0.137. The number of benzene rings is 5. The molecule has 5 aromatic rings. The average Bonchev–Trinajstić information content (AvgIpc) is 3.99. The van der Waals surface area contributed by atoms with Crippen LogP contribution in [0.4, 0.5) is 0 Å². The molecule has 0 atom stereocenters. The second kappa shape index (κ2) is 42.9. The van der Waals surface area contributed by atoms with Crippen molar-refractivity contribution in [2.45, 2.75) is 143 Å². The molecular weight excluding hydrogens is 880 g/mol. The number of aliphatic hydroxyl groups excluding tert-OH is 1. The molecule has 2 nitrogen and oxygen atoms in total. The van der Waals surface area contributed by atoms with Crippen LogP contribution < -0.4 is 0 Å². The Morgan fingerprint density at radius 2 is 0.667 bits per heavy atom. The first kappa shape index (κ1) is 69.0. The summed E-state index contributed by atoms with van der Waals surface area (Å²) >= 11 is 0. The Bertz CT molecular complexity index is 1440. The minimum atomic E-state index is -0.0178. The van der Waals surface area contributed by atoms with E-state index in [4.69, 9.17) is 5.11 Å². The van der Waals surface area contributed by atoms with Crippen molar-refractivity contribution in [3.63, 3.8) is 0 Å². The summed E-state index contributed by atoms with van der Waals surface area (Å²) in [5, 5.41) is 18.5. The molecule has 2 N–H and O–H groups in total. The summed E-state index contributed by atoms with van der Waals surface area (Å²) < 4.78 is 0. The monoisotopic (exact) mass is 967 g/mol. The number of rotatable bonds is 2. The summed E-state index contributed by atoms with van der Waals surface area (Å²) in [6, 6.07) is 43.7. The fourth-order valence-electron chi connectivity index (χ4n) is 5.76. The molecule has 0 spiro atoms. The average molecular weight is 968 g/mol. The van der Waals surface area contributed by atoms with Crippen LogP contribution in [0.15, 0.2) is 133 Å². The molecule has 344 valence electrons. The summed E-state index contributed by atoms with van der Waals surface area (Å²) in [5.74, 6) is 0.464. The minimum absolute atomic E-state index is 0. The van der Waals surface area contributed by atoms with E-state index in [0.29, 0.717) is 12.4 Å². The van der Waals surface area contributed by atoms with Crippen LogP contribution >= 0.6 is 0 Å². The van der Waals surface area contributed by atoms with Crippen molar-refractivity contribution >= 4 is 0 Å². The van der Waals surface area contributed by atoms with E-state index in [9.17, 15) is 5.11 Å². The molecule has 2 aliphatic carbocycles. The number of phenols is 1. The number of hydrogen-bond donors (Lipinski definition) is 2. The van der Waals surface area contributed by atoms with Gasteiger partial charge in [-0.2, -0.15) is 98.5 Å². The molecular formula is C59H88O2TiZr. The van der Waals surface area contributed by atoms with Crippen LogP contribution in [-0.2, 0) is 58.8 Å². The number of aromatic hydroxyl groups is 1. The number of aryl methyl sites for hydroxylation is 1. The van der Waals surface area contributed by atoms with Crippen LogP contribution in [0.2, 0.25) is 0 Å². The van der Waals surface area contributed by atoms with Crippen LogP contribution in [0.25, 0.3) is 0 Å². The minimum Gasteiger partial charge on any atom is -0.507 e. The summed E-state index contributed by atoms with van der Waals surface area (Å²) in [6.07, 6.45) is 17.0. The zero-order valence-electron chi connectivity index (χ0n) is 41.6. The summed E-state index contributed by atoms with van der Waals surface area (Å²) in [4.78, 5) is 0. The molecule has 63 heavy (non-hydrogen) atoms. The zero-order chi connectivity index (χ0) is 44.4. The molecule has 7 rings (SSSR count). The molecule has 0 heterocycles. The fraction of sp³-hybridized carbons (Fsp3) is 0.390. The Balaban J connectivity index is -0.000000209. The van der Waals surface area contributed by atoms with E-state index in [-0.39, 0.29) is 73.6 Å². The summed E-state index contributed by atoms with van der Waals surface area (Å²) in [6.45, 7) is 32.2. The molecule has 0 aromatic heterocycles. The molecule has 5 aromatic carbocycles. The van der Waals surface area contributed by atoms with Crippen molar-refractivity contribution in [1.82, 2.24) is 0 Å². The van der Waals surface area contributed by atoms with E-state index in [0.717, 1.165) is 46.2 Å².